The highest BCUT2D eigenvalue weighted by atomic mass is 127. The van der Waals surface area contributed by atoms with E-state index in [0.29, 0.717) is 18.3 Å². The molecule has 1 aromatic carbocycles. The maximum absolute atomic E-state index is 5.76. The summed E-state index contributed by atoms with van der Waals surface area (Å²) in [6.45, 7) is 3.28. The smallest absolute Gasteiger partial charge is 0.219 e. The molecule has 8 heteroatoms. The number of hydrogen-bond acceptors (Lipinski definition) is 5. The predicted molar refractivity (Wildman–Crippen MR) is 124 cm³/mol. The summed E-state index contributed by atoms with van der Waals surface area (Å²) >= 11 is 0. The van der Waals surface area contributed by atoms with E-state index in [1.165, 1.54) is 0 Å². The Hall–Kier alpha value is -2.07. The number of hydrogen-bond donors (Lipinski definition) is 1. The Labute approximate surface area is 189 Å². The molecule has 1 fully saturated rings. The van der Waals surface area contributed by atoms with Crippen LogP contribution in [-0.2, 0) is 11.3 Å². The lowest BCUT2D eigenvalue weighted by atomic mass is 10.1. The van der Waals surface area contributed by atoms with Crippen molar-refractivity contribution in [1.29, 1.82) is 0 Å². The SMILES string of the molecule is CN=C(NCc1ccc(Oc2ccc(OC)cc2)nc1)N(C)CC1CCOC1.I. The number of nitrogens with one attached hydrogen (secondary N) is 1. The highest BCUT2D eigenvalue weighted by molar-refractivity contribution is 14.0. The summed E-state index contributed by atoms with van der Waals surface area (Å²) < 4.78 is 16.4. The summed E-state index contributed by atoms with van der Waals surface area (Å²) in [5.41, 5.74) is 1.06. The first-order chi connectivity index (χ1) is 13.7. The zero-order valence-electron chi connectivity index (χ0n) is 17.1. The Morgan fingerprint density at radius 2 is 2.00 bits per heavy atom. The lowest BCUT2D eigenvalue weighted by molar-refractivity contribution is 0.181. The molecule has 2 aromatic rings. The number of aromatic nitrogens is 1. The van der Waals surface area contributed by atoms with Crippen molar-refractivity contribution in [3.63, 3.8) is 0 Å². The van der Waals surface area contributed by atoms with E-state index in [1.807, 2.05) is 42.6 Å². The van der Waals surface area contributed by atoms with Gasteiger partial charge in [-0.3, -0.25) is 4.99 Å². The molecule has 158 valence electrons. The fourth-order valence-corrected chi connectivity index (χ4v) is 3.11. The summed E-state index contributed by atoms with van der Waals surface area (Å²) in [5, 5.41) is 3.38. The molecule has 0 saturated carbocycles. The minimum atomic E-state index is 0. The van der Waals surface area contributed by atoms with Gasteiger partial charge in [-0.2, -0.15) is 0 Å². The Morgan fingerprint density at radius 3 is 2.59 bits per heavy atom. The lowest BCUT2D eigenvalue weighted by Gasteiger charge is -2.24. The monoisotopic (exact) mass is 512 g/mol. The van der Waals surface area contributed by atoms with Crippen molar-refractivity contribution in [2.45, 2.75) is 13.0 Å². The molecule has 1 aromatic heterocycles. The molecule has 1 saturated heterocycles. The second-order valence-corrected chi connectivity index (χ2v) is 6.79. The Balaban J connectivity index is 0.00000300. The third-order valence-electron chi connectivity index (χ3n) is 4.66. The number of nitrogens with zero attached hydrogens (tertiary/aromatic N) is 3. The minimum absolute atomic E-state index is 0. The molecular weight excluding hydrogens is 483 g/mol. The van der Waals surface area contributed by atoms with Gasteiger partial charge in [0.15, 0.2) is 5.96 Å². The topological polar surface area (TPSA) is 68.2 Å². The maximum Gasteiger partial charge on any atom is 0.219 e. The number of halogens is 1. The van der Waals surface area contributed by atoms with Crippen LogP contribution in [0, 0.1) is 5.92 Å². The lowest BCUT2D eigenvalue weighted by Crippen LogP contribution is -2.41. The fourth-order valence-electron chi connectivity index (χ4n) is 3.11. The number of methoxy groups -OCH3 is 1. The Bertz CT molecular complexity index is 763. The largest absolute Gasteiger partial charge is 0.497 e. The van der Waals surface area contributed by atoms with Crippen molar-refractivity contribution < 1.29 is 14.2 Å². The molecule has 1 N–H and O–H groups in total. The summed E-state index contributed by atoms with van der Waals surface area (Å²) in [6.07, 6.45) is 2.92. The van der Waals surface area contributed by atoms with E-state index in [9.17, 15) is 0 Å². The van der Waals surface area contributed by atoms with Crippen LogP contribution in [-0.4, -0.2) is 56.8 Å². The first-order valence-electron chi connectivity index (χ1n) is 9.44. The Morgan fingerprint density at radius 1 is 1.24 bits per heavy atom. The standard InChI is InChI=1S/C21H28N4O3.HI/c1-22-21(25(2)14-17-10-11-27-15-17)24-13-16-4-9-20(23-12-16)28-19-7-5-18(26-3)6-8-19;/h4-9,12,17H,10-11,13-15H2,1-3H3,(H,22,24);1H. The van der Waals surface area contributed by atoms with Crippen LogP contribution in [0.3, 0.4) is 0 Å². The van der Waals surface area contributed by atoms with Crippen LogP contribution in [0.4, 0.5) is 0 Å². The van der Waals surface area contributed by atoms with Gasteiger partial charge in [0.05, 0.1) is 13.7 Å². The average Bonchev–Trinajstić information content (AvgIpc) is 3.23. The molecule has 1 aliphatic heterocycles. The fraction of sp³-hybridized carbons (Fsp3) is 0.429. The van der Waals surface area contributed by atoms with Crippen LogP contribution >= 0.6 is 24.0 Å². The normalized spacial score (nSPS) is 16.1. The highest BCUT2D eigenvalue weighted by Crippen LogP contribution is 2.22. The quantitative estimate of drug-likeness (QED) is 0.348. The first-order valence-corrected chi connectivity index (χ1v) is 9.44. The van der Waals surface area contributed by atoms with Gasteiger partial charge in [-0.1, -0.05) is 6.07 Å². The average molecular weight is 512 g/mol. The molecule has 3 rings (SSSR count). The number of rotatable bonds is 7. The van der Waals surface area contributed by atoms with Gasteiger partial charge in [-0.25, -0.2) is 4.98 Å². The minimum Gasteiger partial charge on any atom is -0.497 e. The van der Waals surface area contributed by atoms with Gasteiger partial charge in [0.25, 0.3) is 0 Å². The number of pyridine rings is 1. The number of ether oxygens (including phenoxy) is 3. The second-order valence-electron chi connectivity index (χ2n) is 6.79. The molecule has 0 spiro atoms. The van der Waals surface area contributed by atoms with Crippen LogP contribution in [0.5, 0.6) is 17.4 Å². The molecule has 7 nitrogen and oxygen atoms in total. The number of aliphatic imine (C=N–C) groups is 1. The van der Waals surface area contributed by atoms with Crippen LogP contribution in [0.2, 0.25) is 0 Å². The Kier molecular flexibility index (Phi) is 9.46. The van der Waals surface area contributed by atoms with Gasteiger partial charge >= 0.3 is 0 Å². The molecule has 2 heterocycles. The second kappa shape index (κ2) is 11.8. The molecule has 1 unspecified atom stereocenters. The van der Waals surface area contributed by atoms with Gasteiger partial charge in [0, 0.05) is 52.0 Å². The van der Waals surface area contributed by atoms with Crippen LogP contribution in [0.1, 0.15) is 12.0 Å². The van der Waals surface area contributed by atoms with Crippen LogP contribution < -0.4 is 14.8 Å². The van der Waals surface area contributed by atoms with E-state index in [0.717, 1.165) is 49.2 Å². The zero-order chi connectivity index (χ0) is 19.8. The van der Waals surface area contributed by atoms with Gasteiger partial charge < -0.3 is 24.4 Å². The summed E-state index contributed by atoms with van der Waals surface area (Å²) in [5.74, 6) is 3.50. The van der Waals surface area contributed by atoms with Crippen molar-refractivity contribution in [2.24, 2.45) is 10.9 Å². The van der Waals surface area contributed by atoms with Gasteiger partial charge in [0.1, 0.15) is 11.5 Å². The molecule has 29 heavy (non-hydrogen) atoms. The van der Waals surface area contributed by atoms with Gasteiger partial charge in [-0.05, 0) is 36.2 Å². The van der Waals surface area contributed by atoms with Gasteiger partial charge in [-0.15, -0.1) is 24.0 Å². The van der Waals surface area contributed by atoms with E-state index in [-0.39, 0.29) is 24.0 Å². The van der Waals surface area contributed by atoms with Crippen molar-refractivity contribution in [3.05, 3.63) is 48.2 Å². The molecular formula is C21H29IN4O3. The van der Waals surface area contributed by atoms with E-state index in [2.05, 4.69) is 27.2 Å². The molecule has 0 bridgehead atoms. The van der Waals surface area contributed by atoms with Crippen molar-refractivity contribution in [2.75, 3.05) is 41.0 Å². The summed E-state index contributed by atoms with van der Waals surface area (Å²) in [7, 11) is 5.49. The predicted octanol–water partition coefficient (Wildman–Crippen LogP) is 3.54. The molecule has 0 radical (unpaired) electrons. The van der Waals surface area contributed by atoms with Crippen molar-refractivity contribution in [1.82, 2.24) is 15.2 Å². The van der Waals surface area contributed by atoms with E-state index >= 15 is 0 Å². The van der Waals surface area contributed by atoms with Crippen LogP contribution in [0.15, 0.2) is 47.6 Å². The van der Waals surface area contributed by atoms with E-state index in [1.54, 1.807) is 14.2 Å². The number of guanidine groups is 1. The molecule has 1 atom stereocenters. The number of benzene rings is 1. The van der Waals surface area contributed by atoms with Gasteiger partial charge in [0.2, 0.25) is 5.88 Å². The maximum atomic E-state index is 5.76. The molecule has 0 aliphatic carbocycles. The summed E-state index contributed by atoms with van der Waals surface area (Å²) in [4.78, 5) is 10.9. The highest BCUT2D eigenvalue weighted by Gasteiger charge is 2.19. The molecule has 0 amide bonds. The van der Waals surface area contributed by atoms with Crippen molar-refractivity contribution in [3.8, 4) is 17.4 Å². The van der Waals surface area contributed by atoms with E-state index < -0.39 is 0 Å². The third-order valence-corrected chi connectivity index (χ3v) is 4.66. The molecule has 1 aliphatic rings. The van der Waals surface area contributed by atoms with E-state index in [4.69, 9.17) is 14.2 Å². The van der Waals surface area contributed by atoms with Crippen molar-refractivity contribution >= 4 is 29.9 Å². The zero-order valence-corrected chi connectivity index (χ0v) is 19.5. The van der Waals surface area contributed by atoms with Crippen LogP contribution in [0.25, 0.3) is 0 Å². The third kappa shape index (κ3) is 7.04. The summed E-state index contributed by atoms with van der Waals surface area (Å²) in [6, 6.07) is 11.3. The first kappa shape index (κ1) is 23.2.